The van der Waals surface area contributed by atoms with Crippen molar-refractivity contribution in [2.24, 2.45) is 0 Å². The molecule has 0 aromatic heterocycles. The Kier molecular flexibility index (Phi) is 22.0. The minimum atomic E-state index is -0.750. The standard InChI is InChI=1S/C4H9.Li.O2S/c1-3-4-2;;1-3-2/h1,3-4H2,2H3;;. The van der Waals surface area contributed by atoms with Crippen molar-refractivity contribution in [2.45, 2.75) is 24.9 Å². The molecule has 2 nitrogen and oxygen atoms in total. The molecule has 44 valence electrons. The van der Waals surface area contributed by atoms with Crippen LogP contribution in [-0.2, 0) is 11.6 Å². The molecule has 0 rings (SSSR count). The Hall–Kier alpha value is 0.417. The molecule has 0 N–H and O–H groups in total. The van der Waals surface area contributed by atoms with Crippen LogP contribution in [-0.4, -0.2) is 26.1 Å². The summed E-state index contributed by atoms with van der Waals surface area (Å²) in [7, 11) is 0. The van der Waals surface area contributed by atoms with Crippen molar-refractivity contribution in [3.05, 3.63) is 0 Å². The van der Waals surface area contributed by atoms with E-state index < -0.39 is 11.6 Å². The summed E-state index contributed by atoms with van der Waals surface area (Å²) in [4.78, 5) is 0. The monoisotopic (exact) mass is 128 g/mol. The van der Waals surface area contributed by atoms with E-state index in [9.17, 15) is 0 Å². The summed E-state index contributed by atoms with van der Waals surface area (Å²) in [5, 5.41) is 1.34. The number of hydrogen-bond donors (Lipinski definition) is 0. The fourth-order valence-corrected chi connectivity index (χ4v) is 0.354. The molecule has 0 aliphatic heterocycles. The van der Waals surface area contributed by atoms with Crippen LogP contribution in [0.1, 0.15) is 19.8 Å². The van der Waals surface area contributed by atoms with Crippen LogP contribution >= 0.6 is 0 Å². The van der Waals surface area contributed by atoms with E-state index >= 15 is 0 Å². The van der Waals surface area contributed by atoms with E-state index in [4.69, 9.17) is 8.42 Å². The molecule has 0 saturated carbocycles. The quantitative estimate of drug-likeness (QED) is 0.513. The van der Waals surface area contributed by atoms with Gasteiger partial charge in [-0.2, -0.15) is 8.42 Å². The molecule has 0 unspecified atom stereocenters. The van der Waals surface area contributed by atoms with E-state index in [1.807, 2.05) is 0 Å². The Bertz CT molecular complexity index is 59.1. The SMILES string of the molecule is O=S=O.[Li][CH2]CCC. The van der Waals surface area contributed by atoms with Crippen LogP contribution in [0.5, 0.6) is 0 Å². The molecular formula is C4H9LiO2S. The number of hydrogen-bond acceptors (Lipinski definition) is 2. The van der Waals surface area contributed by atoms with E-state index in [-0.39, 0.29) is 0 Å². The Morgan fingerprint density at radius 3 is 1.88 bits per heavy atom. The van der Waals surface area contributed by atoms with Crippen molar-refractivity contribution in [1.29, 1.82) is 0 Å². The van der Waals surface area contributed by atoms with Crippen molar-refractivity contribution in [2.75, 3.05) is 0 Å². The number of rotatable bonds is 2. The summed E-state index contributed by atoms with van der Waals surface area (Å²) in [6.45, 7) is 2.21. The van der Waals surface area contributed by atoms with Crippen LogP contribution in [0.2, 0.25) is 5.09 Å². The van der Waals surface area contributed by atoms with E-state index in [1.165, 1.54) is 17.9 Å². The van der Waals surface area contributed by atoms with Crippen LogP contribution in [0.3, 0.4) is 0 Å². The van der Waals surface area contributed by atoms with Gasteiger partial charge in [-0.25, -0.2) is 0 Å². The Balaban J connectivity index is 0. The second-order valence-corrected chi connectivity index (χ2v) is 1.56. The Morgan fingerprint density at radius 2 is 1.88 bits per heavy atom. The zero-order chi connectivity index (χ0) is 6.83. The average molecular weight is 128 g/mol. The van der Waals surface area contributed by atoms with Gasteiger partial charge < -0.3 is 0 Å². The summed E-state index contributed by atoms with van der Waals surface area (Å²) in [6.07, 6.45) is 2.73. The second-order valence-electron chi connectivity index (χ2n) is 1.42. The zero-order valence-electron chi connectivity index (χ0n) is 5.35. The van der Waals surface area contributed by atoms with Gasteiger partial charge in [-0.15, -0.1) is 0 Å². The molecule has 4 heteroatoms. The molecule has 0 aromatic rings. The van der Waals surface area contributed by atoms with Crippen LogP contribution in [0.4, 0.5) is 0 Å². The summed E-state index contributed by atoms with van der Waals surface area (Å²) < 4.78 is 16.6. The predicted molar refractivity (Wildman–Crippen MR) is 34.4 cm³/mol. The fraction of sp³-hybridized carbons (Fsp3) is 1.00. The van der Waals surface area contributed by atoms with E-state index in [1.54, 1.807) is 0 Å². The molecule has 0 amide bonds. The summed E-state index contributed by atoms with van der Waals surface area (Å²) in [5.74, 6) is 0. The molecule has 0 aliphatic rings. The maximum absolute atomic E-state index is 8.29. The fourth-order valence-electron chi connectivity index (χ4n) is 0.354. The van der Waals surface area contributed by atoms with Gasteiger partial charge in [0.05, 0.1) is 0 Å². The van der Waals surface area contributed by atoms with Gasteiger partial charge in [0.2, 0.25) is 0 Å². The molecule has 0 spiro atoms. The van der Waals surface area contributed by atoms with Gasteiger partial charge in [-0.05, 0) is 0 Å². The van der Waals surface area contributed by atoms with Gasteiger partial charge in [0, 0.05) is 0 Å². The molecule has 0 radical (unpaired) electrons. The topological polar surface area (TPSA) is 34.1 Å². The van der Waals surface area contributed by atoms with Gasteiger partial charge >= 0.3 is 54.1 Å². The molecule has 0 fully saturated rings. The van der Waals surface area contributed by atoms with Crippen LogP contribution < -0.4 is 0 Å². The van der Waals surface area contributed by atoms with Gasteiger partial charge in [-0.3, -0.25) is 0 Å². The third kappa shape index (κ3) is 32.2. The first-order chi connectivity index (χ1) is 3.83. The van der Waals surface area contributed by atoms with E-state index in [0.29, 0.717) is 0 Å². The third-order valence-electron chi connectivity index (χ3n) is 0.707. The second kappa shape index (κ2) is 15.7. The van der Waals surface area contributed by atoms with Crippen molar-refractivity contribution in [3.8, 4) is 0 Å². The first-order valence-electron chi connectivity index (χ1n) is 2.75. The van der Waals surface area contributed by atoms with Crippen LogP contribution in [0.25, 0.3) is 0 Å². The first-order valence-corrected chi connectivity index (χ1v) is 3.41. The minimum absolute atomic E-state index is 0.750. The molecule has 0 aliphatic carbocycles. The molecular weight excluding hydrogens is 119 g/mol. The average Bonchev–Trinajstić information content (AvgIpc) is 1.71. The predicted octanol–water partition coefficient (Wildman–Crippen LogP) is 0.703. The Morgan fingerprint density at radius 1 is 1.50 bits per heavy atom. The summed E-state index contributed by atoms with van der Waals surface area (Å²) in [6, 6.07) is 0. The molecule has 0 bridgehead atoms. The zero-order valence-corrected chi connectivity index (χ0v) is 6.16. The van der Waals surface area contributed by atoms with E-state index in [0.717, 1.165) is 0 Å². The van der Waals surface area contributed by atoms with E-state index in [2.05, 4.69) is 24.6 Å². The van der Waals surface area contributed by atoms with Gasteiger partial charge in [0.25, 0.3) is 0 Å². The normalized spacial score (nSPS) is 6.88. The van der Waals surface area contributed by atoms with Gasteiger partial charge in [-0.1, -0.05) is 0 Å². The molecule has 0 heterocycles. The first kappa shape index (κ1) is 11.2. The van der Waals surface area contributed by atoms with Crippen LogP contribution in [0.15, 0.2) is 0 Å². The molecule has 0 atom stereocenters. The summed E-state index contributed by atoms with van der Waals surface area (Å²) in [5.41, 5.74) is 0. The van der Waals surface area contributed by atoms with Crippen molar-refractivity contribution < 1.29 is 8.42 Å². The van der Waals surface area contributed by atoms with Gasteiger partial charge in [0.1, 0.15) is 0 Å². The third-order valence-corrected chi connectivity index (χ3v) is 0.707. The Labute approximate surface area is 62.9 Å². The molecule has 0 aromatic carbocycles. The maximum atomic E-state index is 8.29. The molecule has 0 saturated heterocycles. The van der Waals surface area contributed by atoms with Crippen molar-refractivity contribution in [1.82, 2.24) is 0 Å². The van der Waals surface area contributed by atoms with Gasteiger partial charge in [0.15, 0.2) is 0 Å². The van der Waals surface area contributed by atoms with Crippen molar-refractivity contribution >= 4 is 29.3 Å². The number of unbranched alkanes of at least 4 members (excludes halogenated alkanes) is 1. The summed E-state index contributed by atoms with van der Waals surface area (Å²) >= 11 is 1.46. The molecule has 8 heavy (non-hydrogen) atoms. The van der Waals surface area contributed by atoms with Crippen LogP contribution in [0, 0.1) is 0 Å². The van der Waals surface area contributed by atoms with Crippen molar-refractivity contribution in [3.63, 3.8) is 0 Å².